The molecular formula is C13H12N2O4S. The van der Waals surface area contributed by atoms with Crippen molar-refractivity contribution in [2.24, 2.45) is 0 Å². The molecule has 2 aromatic rings. The van der Waals surface area contributed by atoms with Crippen LogP contribution in [0.1, 0.15) is 10.5 Å². The van der Waals surface area contributed by atoms with Gasteiger partial charge in [0.2, 0.25) is 0 Å². The first-order valence-corrected chi connectivity index (χ1v) is 7.13. The molecule has 0 unspecified atom stereocenters. The molecule has 1 aromatic carbocycles. The van der Waals surface area contributed by atoms with E-state index in [0.29, 0.717) is 5.75 Å². The molecule has 0 saturated carbocycles. The Morgan fingerprint density at radius 1 is 1.20 bits per heavy atom. The van der Waals surface area contributed by atoms with Crippen LogP contribution in [0.2, 0.25) is 0 Å². The minimum atomic E-state index is -3.96. The number of nitrogens with zero attached hydrogens (tertiary/aromatic N) is 1. The quantitative estimate of drug-likeness (QED) is 0.915. The Labute approximate surface area is 116 Å². The zero-order valence-corrected chi connectivity index (χ0v) is 11.4. The van der Waals surface area contributed by atoms with E-state index >= 15 is 0 Å². The number of benzene rings is 1. The van der Waals surface area contributed by atoms with Gasteiger partial charge in [-0.2, -0.15) is 0 Å². The summed E-state index contributed by atoms with van der Waals surface area (Å²) in [6.07, 6.45) is 1.41. The lowest BCUT2D eigenvalue weighted by Crippen LogP contribution is -2.31. The average Bonchev–Trinajstić information content (AvgIpc) is 2.48. The Bertz CT molecular complexity index is 714. The topological polar surface area (TPSA) is 85.4 Å². The SMILES string of the molecule is COc1cccc(S(=O)(=O)NC(=O)c2ccccn2)c1. The minimum Gasteiger partial charge on any atom is -0.497 e. The molecule has 0 atom stereocenters. The maximum absolute atomic E-state index is 12.1. The second-order valence-electron chi connectivity index (χ2n) is 3.83. The lowest BCUT2D eigenvalue weighted by atomic mass is 10.3. The number of carbonyl (C=O) groups is 1. The third-order valence-electron chi connectivity index (χ3n) is 2.48. The first-order chi connectivity index (χ1) is 9.53. The molecule has 1 amide bonds. The summed E-state index contributed by atoms with van der Waals surface area (Å²) in [5.41, 5.74) is 0.0268. The average molecular weight is 292 g/mol. The van der Waals surface area contributed by atoms with Crippen molar-refractivity contribution in [3.8, 4) is 5.75 Å². The van der Waals surface area contributed by atoms with E-state index < -0.39 is 15.9 Å². The molecule has 0 aliphatic rings. The van der Waals surface area contributed by atoms with E-state index in [-0.39, 0.29) is 10.6 Å². The van der Waals surface area contributed by atoms with E-state index in [2.05, 4.69) is 4.98 Å². The maximum atomic E-state index is 12.1. The Morgan fingerprint density at radius 3 is 2.65 bits per heavy atom. The van der Waals surface area contributed by atoms with Crippen molar-refractivity contribution in [3.63, 3.8) is 0 Å². The van der Waals surface area contributed by atoms with Crippen LogP contribution in [0.3, 0.4) is 0 Å². The molecule has 20 heavy (non-hydrogen) atoms. The monoisotopic (exact) mass is 292 g/mol. The molecule has 1 aromatic heterocycles. The van der Waals surface area contributed by atoms with Crippen LogP contribution in [-0.4, -0.2) is 26.4 Å². The molecule has 0 fully saturated rings. The third-order valence-corrected chi connectivity index (χ3v) is 3.80. The summed E-state index contributed by atoms with van der Waals surface area (Å²) in [6, 6.07) is 10.5. The number of hydrogen-bond acceptors (Lipinski definition) is 5. The van der Waals surface area contributed by atoms with Gasteiger partial charge in [-0.05, 0) is 24.3 Å². The Hall–Kier alpha value is -2.41. The van der Waals surface area contributed by atoms with Gasteiger partial charge in [-0.1, -0.05) is 12.1 Å². The van der Waals surface area contributed by atoms with Crippen LogP contribution in [0.15, 0.2) is 53.6 Å². The van der Waals surface area contributed by atoms with Crippen molar-refractivity contribution in [3.05, 3.63) is 54.4 Å². The highest BCUT2D eigenvalue weighted by atomic mass is 32.2. The van der Waals surface area contributed by atoms with Gasteiger partial charge in [0.25, 0.3) is 15.9 Å². The summed E-state index contributed by atoms with van der Waals surface area (Å²) in [5.74, 6) is -0.397. The van der Waals surface area contributed by atoms with Gasteiger partial charge >= 0.3 is 0 Å². The van der Waals surface area contributed by atoms with Crippen molar-refractivity contribution < 1.29 is 17.9 Å². The van der Waals surface area contributed by atoms with E-state index in [9.17, 15) is 13.2 Å². The van der Waals surface area contributed by atoms with Crippen LogP contribution >= 0.6 is 0 Å². The van der Waals surface area contributed by atoms with Gasteiger partial charge in [0.1, 0.15) is 11.4 Å². The number of sulfonamides is 1. The second-order valence-corrected chi connectivity index (χ2v) is 5.51. The molecule has 0 aliphatic carbocycles. The standard InChI is InChI=1S/C13H12N2O4S/c1-19-10-5-4-6-11(9-10)20(17,18)15-13(16)12-7-2-3-8-14-12/h2-9H,1H3,(H,15,16). The summed E-state index contributed by atoms with van der Waals surface area (Å²) in [4.78, 5) is 15.5. The van der Waals surface area contributed by atoms with Crippen LogP contribution < -0.4 is 9.46 Å². The van der Waals surface area contributed by atoms with Crippen LogP contribution in [0.5, 0.6) is 5.75 Å². The summed E-state index contributed by atoms with van der Waals surface area (Å²) in [5, 5.41) is 0. The van der Waals surface area contributed by atoms with Gasteiger partial charge in [-0.3, -0.25) is 9.78 Å². The van der Waals surface area contributed by atoms with Crippen LogP contribution in [0.4, 0.5) is 0 Å². The van der Waals surface area contributed by atoms with Gasteiger partial charge in [-0.15, -0.1) is 0 Å². The zero-order chi connectivity index (χ0) is 14.6. The van der Waals surface area contributed by atoms with Gasteiger partial charge in [0, 0.05) is 12.3 Å². The summed E-state index contributed by atoms with van der Waals surface area (Å²) < 4.78 is 31.0. The normalized spacial score (nSPS) is 10.8. The number of aromatic nitrogens is 1. The molecule has 0 spiro atoms. The number of methoxy groups -OCH3 is 1. The van der Waals surface area contributed by atoms with Crippen LogP contribution in [0, 0.1) is 0 Å². The number of pyridine rings is 1. The number of carbonyl (C=O) groups excluding carboxylic acids is 1. The summed E-state index contributed by atoms with van der Waals surface area (Å²) in [6.45, 7) is 0. The summed E-state index contributed by atoms with van der Waals surface area (Å²) >= 11 is 0. The highest BCUT2D eigenvalue weighted by Gasteiger charge is 2.19. The number of rotatable bonds is 4. The molecule has 1 N–H and O–H groups in total. The Morgan fingerprint density at radius 2 is 2.00 bits per heavy atom. The largest absolute Gasteiger partial charge is 0.497 e. The van der Waals surface area contributed by atoms with E-state index in [1.54, 1.807) is 18.2 Å². The second kappa shape index (κ2) is 5.70. The number of ether oxygens (including phenoxy) is 1. The minimum absolute atomic E-state index is 0.0268. The molecule has 0 aliphatic heterocycles. The first-order valence-electron chi connectivity index (χ1n) is 5.65. The van der Waals surface area contributed by atoms with Crippen LogP contribution in [-0.2, 0) is 10.0 Å². The highest BCUT2D eigenvalue weighted by molar-refractivity contribution is 7.90. The van der Waals surface area contributed by atoms with Gasteiger partial charge in [-0.25, -0.2) is 13.1 Å². The predicted octanol–water partition coefficient (Wildman–Crippen LogP) is 1.21. The van der Waals surface area contributed by atoms with Gasteiger partial charge in [0.05, 0.1) is 12.0 Å². The molecular weight excluding hydrogens is 280 g/mol. The fourth-order valence-corrected chi connectivity index (χ4v) is 2.49. The van der Waals surface area contributed by atoms with E-state index in [4.69, 9.17) is 4.74 Å². The number of nitrogens with one attached hydrogen (secondary N) is 1. The third kappa shape index (κ3) is 3.12. The first kappa shape index (κ1) is 14.0. The molecule has 7 heteroatoms. The van der Waals surface area contributed by atoms with Gasteiger partial charge < -0.3 is 4.74 Å². The smallest absolute Gasteiger partial charge is 0.283 e. The maximum Gasteiger partial charge on any atom is 0.283 e. The van der Waals surface area contributed by atoms with Crippen molar-refractivity contribution in [2.75, 3.05) is 7.11 Å². The fourth-order valence-electron chi connectivity index (χ4n) is 1.50. The van der Waals surface area contributed by atoms with Crippen molar-refractivity contribution in [2.45, 2.75) is 4.90 Å². The van der Waals surface area contributed by atoms with E-state index in [0.717, 1.165) is 0 Å². The van der Waals surface area contributed by atoms with E-state index in [1.807, 2.05) is 4.72 Å². The molecule has 104 valence electrons. The van der Waals surface area contributed by atoms with Crippen molar-refractivity contribution >= 4 is 15.9 Å². The predicted molar refractivity (Wildman–Crippen MR) is 71.9 cm³/mol. The Kier molecular flexibility index (Phi) is 3.99. The van der Waals surface area contributed by atoms with E-state index in [1.165, 1.54) is 37.6 Å². The fraction of sp³-hybridized carbons (Fsp3) is 0.0769. The number of amides is 1. The lowest BCUT2D eigenvalue weighted by Gasteiger charge is -2.07. The van der Waals surface area contributed by atoms with Crippen molar-refractivity contribution in [1.82, 2.24) is 9.71 Å². The molecule has 2 rings (SSSR count). The van der Waals surface area contributed by atoms with Gasteiger partial charge in [0.15, 0.2) is 0 Å². The Balaban J connectivity index is 2.25. The van der Waals surface area contributed by atoms with Crippen molar-refractivity contribution in [1.29, 1.82) is 0 Å². The summed E-state index contributed by atoms with van der Waals surface area (Å²) in [7, 11) is -2.53. The molecule has 0 saturated heterocycles. The molecule has 0 radical (unpaired) electrons. The zero-order valence-electron chi connectivity index (χ0n) is 10.6. The highest BCUT2D eigenvalue weighted by Crippen LogP contribution is 2.16. The molecule has 6 nitrogen and oxygen atoms in total. The number of hydrogen-bond donors (Lipinski definition) is 1. The lowest BCUT2D eigenvalue weighted by molar-refractivity contribution is 0.0976. The molecule has 1 heterocycles. The van der Waals surface area contributed by atoms with Crippen LogP contribution in [0.25, 0.3) is 0 Å². The molecule has 0 bridgehead atoms.